The van der Waals surface area contributed by atoms with Gasteiger partial charge in [-0.15, -0.1) is 0 Å². The fourth-order valence-electron chi connectivity index (χ4n) is 6.59. The number of furan rings is 1. The second-order valence-electron chi connectivity index (χ2n) is 10.8. The maximum absolute atomic E-state index is 9.80. The van der Waals surface area contributed by atoms with Gasteiger partial charge in [0, 0.05) is 22.1 Å². The Balaban J connectivity index is 1.46. The molecule has 1 aliphatic rings. The van der Waals surface area contributed by atoms with E-state index < -0.39 is 148 Å². The summed E-state index contributed by atoms with van der Waals surface area (Å²) >= 11 is 0. The number of hydrogen-bond donors (Lipinski definition) is 0. The van der Waals surface area contributed by atoms with Gasteiger partial charge in [0.15, 0.2) is 0 Å². The molecule has 0 aliphatic heterocycles. The zero-order chi connectivity index (χ0) is 46.1. The maximum Gasteiger partial charge on any atom is 0.136 e. The molecule has 1 unspecified atom stereocenters. The zero-order valence-electron chi connectivity index (χ0n) is 42.1. The van der Waals surface area contributed by atoms with Crippen LogP contribution in [0.4, 0.5) is 0 Å². The van der Waals surface area contributed by atoms with Crippen molar-refractivity contribution in [3.05, 3.63) is 156 Å². The maximum atomic E-state index is 9.80. The molecular formula is C44H28O. The van der Waals surface area contributed by atoms with Crippen molar-refractivity contribution in [3.63, 3.8) is 0 Å². The summed E-state index contributed by atoms with van der Waals surface area (Å²) < 4.78 is 178. The van der Waals surface area contributed by atoms with E-state index in [9.17, 15) is 11.0 Å². The second kappa shape index (κ2) is 9.17. The van der Waals surface area contributed by atoms with E-state index in [1.807, 2.05) is 36.4 Å². The Morgan fingerprint density at radius 1 is 0.578 bits per heavy atom. The summed E-state index contributed by atoms with van der Waals surface area (Å²) in [5.41, 5.74) is -2.82. The Bertz CT molecular complexity index is 3600. The molecule has 0 radical (unpaired) electrons. The van der Waals surface area contributed by atoms with Gasteiger partial charge in [-0.25, -0.2) is 0 Å². The molecule has 0 saturated heterocycles. The quantitative estimate of drug-likeness (QED) is 0.182. The van der Waals surface area contributed by atoms with Crippen LogP contribution in [0.15, 0.2) is 150 Å². The molecule has 1 heterocycles. The fraction of sp³-hybridized carbons (Fsp3) is 0.0455. The largest absolute Gasteiger partial charge is 0.456 e. The Labute approximate surface area is 287 Å². The second-order valence-corrected chi connectivity index (χ2v) is 10.8. The average Bonchev–Trinajstić information content (AvgIpc) is 3.79. The molecule has 45 heavy (non-hydrogen) atoms. The van der Waals surface area contributed by atoms with Crippen molar-refractivity contribution in [1.82, 2.24) is 0 Å². The zero-order valence-corrected chi connectivity index (χ0v) is 23.1. The van der Waals surface area contributed by atoms with Gasteiger partial charge in [0.05, 0.1) is 20.6 Å². The highest BCUT2D eigenvalue weighted by molar-refractivity contribution is 6.23. The minimum absolute atomic E-state index is 0.0667. The molecule has 10 rings (SSSR count). The lowest BCUT2D eigenvalue weighted by atomic mass is 9.84. The van der Waals surface area contributed by atoms with Gasteiger partial charge in [-0.1, -0.05) is 128 Å². The predicted octanol–water partition coefficient (Wildman–Crippen LogP) is 12.5. The minimum Gasteiger partial charge on any atom is -0.456 e. The summed E-state index contributed by atoms with van der Waals surface area (Å²) in [7, 11) is 0. The molecule has 0 spiro atoms. The number of fused-ring (bicyclic) bond motifs is 10. The number of benzene rings is 8. The van der Waals surface area contributed by atoms with Crippen LogP contribution < -0.4 is 0 Å². The minimum atomic E-state index is -3.49. The van der Waals surface area contributed by atoms with E-state index in [4.69, 9.17) is 19.5 Å². The molecule has 0 N–H and O–H groups in total. The van der Waals surface area contributed by atoms with Crippen molar-refractivity contribution in [2.45, 2.75) is 12.7 Å². The van der Waals surface area contributed by atoms with Crippen molar-refractivity contribution in [2.24, 2.45) is 0 Å². The van der Waals surface area contributed by atoms with E-state index in [-0.39, 0.29) is 21.9 Å². The van der Waals surface area contributed by atoms with Crippen LogP contribution in [0.25, 0.3) is 87.6 Å². The third-order valence-electron chi connectivity index (χ3n) is 8.52. The summed E-state index contributed by atoms with van der Waals surface area (Å²) in [6.07, 6.45) is 0. The van der Waals surface area contributed by atoms with E-state index in [2.05, 4.69) is 0 Å². The number of hydrogen-bond acceptors (Lipinski definition) is 1. The first-order valence-corrected chi connectivity index (χ1v) is 14.1. The Morgan fingerprint density at radius 2 is 1.24 bits per heavy atom. The van der Waals surface area contributed by atoms with Crippen LogP contribution in [0.5, 0.6) is 0 Å². The smallest absolute Gasteiger partial charge is 0.136 e. The Hall–Kier alpha value is -5.66. The molecular weight excluding hydrogens is 544 g/mol. The molecule has 0 bridgehead atoms. The normalized spacial score (nSPS) is 22.0. The molecule has 0 fully saturated rings. The van der Waals surface area contributed by atoms with Crippen LogP contribution in [0.1, 0.15) is 49.9 Å². The molecule has 9 aromatic rings. The lowest BCUT2D eigenvalue weighted by molar-refractivity contribution is 0.669. The lowest BCUT2D eigenvalue weighted by Crippen LogP contribution is -1.93. The van der Waals surface area contributed by atoms with Crippen LogP contribution in [0, 0.1) is 0 Å². The van der Waals surface area contributed by atoms with E-state index in [1.54, 1.807) is 18.2 Å². The Kier molecular flexibility index (Phi) is 2.60. The topological polar surface area (TPSA) is 13.1 Å². The van der Waals surface area contributed by atoms with Gasteiger partial charge < -0.3 is 4.42 Å². The monoisotopic (exact) mass is 591 g/mol. The van der Waals surface area contributed by atoms with Crippen molar-refractivity contribution in [1.29, 1.82) is 0 Å². The fourth-order valence-corrected chi connectivity index (χ4v) is 6.59. The third-order valence-corrected chi connectivity index (χ3v) is 8.52. The van der Waals surface area contributed by atoms with Crippen LogP contribution in [0.3, 0.4) is 0 Å². The summed E-state index contributed by atoms with van der Waals surface area (Å²) in [4.78, 5) is 0. The van der Waals surface area contributed by atoms with Crippen LogP contribution in [-0.2, 0) is 0 Å². The molecule has 1 aliphatic carbocycles. The van der Waals surface area contributed by atoms with Crippen molar-refractivity contribution in [2.75, 3.05) is 0 Å². The lowest BCUT2D eigenvalue weighted by Gasteiger charge is -2.18. The first kappa shape index (κ1) is 12.8. The first-order chi connectivity index (χ1) is 30.1. The van der Waals surface area contributed by atoms with Gasteiger partial charge in [-0.05, 0) is 101 Å². The highest BCUT2D eigenvalue weighted by Gasteiger charge is 2.26. The van der Waals surface area contributed by atoms with Gasteiger partial charge in [0.25, 0.3) is 0 Å². The van der Waals surface area contributed by atoms with Crippen LogP contribution in [0.2, 0.25) is 0 Å². The van der Waals surface area contributed by atoms with Gasteiger partial charge >= 0.3 is 0 Å². The Morgan fingerprint density at radius 3 is 2.02 bits per heavy atom. The molecule has 1 heteroatoms. The highest BCUT2D eigenvalue weighted by Crippen LogP contribution is 2.49. The van der Waals surface area contributed by atoms with E-state index in [1.165, 1.54) is 0 Å². The van der Waals surface area contributed by atoms with Gasteiger partial charge in [0.1, 0.15) is 11.2 Å². The molecule has 0 amide bonds. The van der Waals surface area contributed by atoms with E-state index >= 15 is 0 Å². The molecule has 210 valence electrons. The number of rotatable bonds is 2. The van der Waals surface area contributed by atoms with Crippen LogP contribution >= 0.6 is 0 Å². The van der Waals surface area contributed by atoms with E-state index in [0.717, 1.165) is 10.8 Å². The predicted molar refractivity (Wildman–Crippen MR) is 190 cm³/mol. The standard InChI is InChI=1S/C44H28O/c1-26-30-11-4-5-13-32(30)33-21-18-28(24-38(26)33)42-34-14-6-8-16-36(34)43(37-17-9-7-15-35(37)42)29-20-22-40-39(25-29)44-31-12-3-2-10-27(31)19-23-41(44)45-40/h2-26H,1H3/i1D3,4D,5D,6D,7D,8D,9D,11D,13D,14D,15D,16D,17D,18D,21D,24D,26D. The van der Waals surface area contributed by atoms with E-state index in [0.29, 0.717) is 21.9 Å². The van der Waals surface area contributed by atoms with Crippen molar-refractivity contribution >= 4 is 54.3 Å². The van der Waals surface area contributed by atoms with Crippen molar-refractivity contribution in [3.8, 4) is 33.4 Å². The third kappa shape index (κ3) is 3.44. The van der Waals surface area contributed by atoms with Crippen molar-refractivity contribution < 1.29 is 30.5 Å². The molecule has 1 atom stereocenters. The summed E-state index contributed by atoms with van der Waals surface area (Å²) in [6, 6.07) is 4.08. The molecule has 8 aromatic carbocycles. The summed E-state index contributed by atoms with van der Waals surface area (Å²) in [5.74, 6) is -3.17. The first-order valence-electron chi connectivity index (χ1n) is 23.6. The average molecular weight is 592 g/mol. The van der Waals surface area contributed by atoms with Gasteiger partial charge in [-0.3, -0.25) is 0 Å². The highest BCUT2D eigenvalue weighted by atomic mass is 16.3. The van der Waals surface area contributed by atoms with Gasteiger partial charge in [-0.2, -0.15) is 0 Å². The van der Waals surface area contributed by atoms with Gasteiger partial charge in [0.2, 0.25) is 0 Å². The summed E-state index contributed by atoms with van der Waals surface area (Å²) in [5, 5.41) is 1.53. The molecule has 1 aromatic heterocycles. The molecule has 1 nitrogen and oxygen atoms in total. The van der Waals surface area contributed by atoms with Crippen LogP contribution in [-0.4, -0.2) is 0 Å². The summed E-state index contributed by atoms with van der Waals surface area (Å²) in [6.45, 7) is -3.49. The molecule has 0 saturated carbocycles. The SMILES string of the molecule is [2H]c1c([2H])c([2H])c2c(c1[2H])-c1c([2H])c([2H])c(-c3c4c([2H])c([2H])c([2H])c([2H])c4c(-c4ccc5oc6ccc7ccccc7c6c5c4)c4c([2H])c([2H])c([2H])c([2H])c34)c([2H])c1C2([2H])C([2H])([2H])[2H].